The van der Waals surface area contributed by atoms with Gasteiger partial charge < -0.3 is 14.8 Å². The first kappa shape index (κ1) is 17.3. The van der Waals surface area contributed by atoms with Crippen LogP contribution in [-0.2, 0) is 11.2 Å². The largest absolute Gasteiger partial charge is 0.497 e. The lowest BCUT2D eigenvalue weighted by Crippen LogP contribution is -2.28. The van der Waals surface area contributed by atoms with Gasteiger partial charge in [-0.1, -0.05) is 28.1 Å². The van der Waals surface area contributed by atoms with E-state index in [0.717, 1.165) is 15.6 Å². The molecule has 0 fully saturated rings. The summed E-state index contributed by atoms with van der Waals surface area (Å²) in [7, 11) is 3.19. The summed E-state index contributed by atoms with van der Waals surface area (Å²) in [5.41, 5.74) is 1.84. The minimum atomic E-state index is -0.0726. The fraction of sp³-hybridized carbons (Fsp3) is 0.278. The van der Waals surface area contributed by atoms with Gasteiger partial charge in [0.05, 0.1) is 26.7 Å². The molecule has 0 aliphatic carbocycles. The molecule has 0 aromatic heterocycles. The number of hydrogen-bond acceptors (Lipinski definition) is 3. The SMILES string of the molecule is COc1ccc(OC)c(CC(=O)N[C@H](C)c2cccc(Br)c2)c1. The maximum absolute atomic E-state index is 12.3. The van der Waals surface area contributed by atoms with E-state index in [9.17, 15) is 4.79 Å². The Balaban J connectivity index is 2.07. The van der Waals surface area contributed by atoms with Crippen molar-refractivity contribution in [2.24, 2.45) is 0 Å². The van der Waals surface area contributed by atoms with Crippen molar-refractivity contribution in [1.29, 1.82) is 0 Å². The van der Waals surface area contributed by atoms with Crippen molar-refractivity contribution in [3.63, 3.8) is 0 Å². The van der Waals surface area contributed by atoms with Crippen LogP contribution < -0.4 is 14.8 Å². The lowest BCUT2D eigenvalue weighted by atomic mass is 10.1. The number of ether oxygens (including phenoxy) is 2. The summed E-state index contributed by atoms with van der Waals surface area (Å²) in [5.74, 6) is 1.31. The fourth-order valence-corrected chi connectivity index (χ4v) is 2.76. The van der Waals surface area contributed by atoms with Crippen molar-refractivity contribution in [2.75, 3.05) is 14.2 Å². The second-order valence-electron chi connectivity index (χ2n) is 5.20. The van der Waals surface area contributed by atoms with Crippen LogP contribution in [0.4, 0.5) is 0 Å². The van der Waals surface area contributed by atoms with Crippen LogP contribution in [0.25, 0.3) is 0 Å². The van der Waals surface area contributed by atoms with Crippen LogP contribution in [0.5, 0.6) is 11.5 Å². The van der Waals surface area contributed by atoms with Crippen LogP contribution in [0, 0.1) is 0 Å². The van der Waals surface area contributed by atoms with Crippen molar-refractivity contribution in [2.45, 2.75) is 19.4 Å². The average Bonchev–Trinajstić information content (AvgIpc) is 2.54. The van der Waals surface area contributed by atoms with Crippen LogP contribution in [0.15, 0.2) is 46.9 Å². The van der Waals surface area contributed by atoms with Crippen molar-refractivity contribution in [3.8, 4) is 11.5 Å². The fourth-order valence-electron chi connectivity index (χ4n) is 2.34. The molecular formula is C18H20BrNO3. The number of benzene rings is 2. The summed E-state index contributed by atoms with van der Waals surface area (Å²) in [4.78, 5) is 12.3. The Hall–Kier alpha value is -2.01. The Morgan fingerprint density at radius 2 is 1.96 bits per heavy atom. The molecule has 0 saturated carbocycles. The van der Waals surface area contributed by atoms with E-state index in [-0.39, 0.29) is 18.4 Å². The standard InChI is InChI=1S/C18H20BrNO3/c1-12(13-5-4-6-15(19)9-13)20-18(21)11-14-10-16(22-2)7-8-17(14)23-3/h4-10,12H,11H2,1-3H3,(H,20,21)/t12-/m1/s1. The first-order valence-corrected chi connectivity index (χ1v) is 8.08. The van der Waals surface area contributed by atoms with Gasteiger partial charge in [0, 0.05) is 10.0 Å². The zero-order chi connectivity index (χ0) is 16.8. The molecule has 0 saturated heterocycles. The minimum Gasteiger partial charge on any atom is -0.497 e. The maximum atomic E-state index is 12.3. The summed E-state index contributed by atoms with van der Waals surface area (Å²) < 4.78 is 11.5. The molecule has 2 aromatic carbocycles. The van der Waals surface area contributed by atoms with Crippen molar-refractivity contribution < 1.29 is 14.3 Å². The number of carbonyl (C=O) groups excluding carboxylic acids is 1. The van der Waals surface area contributed by atoms with Gasteiger partial charge in [0.25, 0.3) is 0 Å². The van der Waals surface area contributed by atoms with Gasteiger partial charge in [0.1, 0.15) is 11.5 Å². The molecule has 0 bridgehead atoms. The normalized spacial score (nSPS) is 11.7. The molecule has 4 nitrogen and oxygen atoms in total. The minimum absolute atomic E-state index is 0.0657. The highest BCUT2D eigenvalue weighted by Crippen LogP contribution is 2.25. The molecule has 0 radical (unpaired) electrons. The van der Waals surface area contributed by atoms with Gasteiger partial charge in [-0.2, -0.15) is 0 Å². The summed E-state index contributed by atoms with van der Waals surface area (Å²) in [5, 5.41) is 3.00. The molecule has 1 N–H and O–H groups in total. The topological polar surface area (TPSA) is 47.6 Å². The van der Waals surface area contributed by atoms with Crippen LogP contribution in [0.1, 0.15) is 24.1 Å². The molecule has 0 spiro atoms. The molecule has 0 heterocycles. The second-order valence-corrected chi connectivity index (χ2v) is 6.11. The third-order valence-corrected chi connectivity index (χ3v) is 4.06. The van der Waals surface area contributed by atoms with Gasteiger partial charge in [-0.3, -0.25) is 4.79 Å². The molecular weight excluding hydrogens is 358 g/mol. The number of methoxy groups -OCH3 is 2. The van der Waals surface area contributed by atoms with Gasteiger partial charge in [0.2, 0.25) is 5.91 Å². The molecule has 2 rings (SSSR count). The highest BCUT2D eigenvalue weighted by atomic mass is 79.9. The van der Waals surface area contributed by atoms with Crippen LogP contribution in [-0.4, -0.2) is 20.1 Å². The maximum Gasteiger partial charge on any atom is 0.225 e. The predicted molar refractivity (Wildman–Crippen MR) is 93.9 cm³/mol. The Bertz CT molecular complexity index is 688. The molecule has 0 aliphatic heterocycles. The van der Waals surface area contributed by atoms with Gasteiger partial charge in [-0.05, 0) is 42.8 Å². The number of rotatable bonds is 6. The third kappa shape index (κ3) is 4.73. The van der Waals surface area contributed by atoms with Gasteiger partial charge >= 0.3 is 0 Å². The number of hydrogen-bond donors (Lipinski definition) is 1. The van der Waals surface area contributed by atoms with E-state index in [0.29, 0.717) is 11.5 Å². The van der Waals surface area contributed by atoms with Crippen molar-refractivity contribution in [3.05, 3.63) is 58.1 Å². The Labute approximate surface area is 144 Å². The summed E-state index contributed by atoms with van der Waals surface area (Å²) in [6.45, 7) is 1.96. The second kappa shape index (κ2) is 8.02. The molecule has 122 valence electrons. The van der Waals surface area contributed by atoms with E-state index in [2.05, 4.69) is 21.2 Å². The first-order valence-electron chi connectivity index (χ1n) is 7.29. The summed E-state index contributed by atoms with van der Waals surface area (Å²) in [6.07, 6.45) is 0.235. The van der Waals surface area contributed by atoms with Crippen LogP contribution >= 0.6 is 15.9 Å². The summed E-state index contributed by atoms with van der Waals surface area (Å²) >= 11 is 3.44. The van der Waals surface area contributed by atoms with Crippen LogP contribution in [0.3, 0.4) is 0 Å². The lowest BCUT2D eigenvalue weighted by Gasteiger charge is -2.16. The lowest BCUT2D eigenvalue weighted by molar-refractivity contribution is -0.121. The van der Waals surface area contributed by atoms with Gasteiger partial charge in [-0.15, -0.1) is 0 Å². The van der Waals surface area contributed by atoms with Crippen molar-refractivity contribution in [1.82, 2.24) is 5.32 Å². The molecule has 0 unspecified atom stereocenters. The van der Waals surface area contributed by atoms with E-state index < -0.39 is 0 Å². The quantitative estimate of drug-likeness (QED) is 0.830. The first-order chi connectivity index (χ1) is 11.0. The molecule has 5 heteroatoms. The van der Waals surface area contributed by atoms with E-state index in [1.165, 1.54) is 0 Å². The number of halogens is 1. The average molecular weight is 378 g/mol. The predicted octanol–water partition coefficient (Wildman–Crippen LogP) is 3.89. The van der Waals surface area contributed by atoms with E-state index in [1.54, 1.807) is 20.3 Å². The van der Waals surface area contributed by atoms with Crippen molar-refractivity contribution >= 4 is 21.8 Å². The smallest absolute Gasteiger partial charge is 0.225 e. The molecule has 23 heavy (non-hydrogen) atoms. The molecule has 1 amide bonds. The number of nitrogens with one attached hydrogen (secondary N) is 1. The van der Waals surface area contributed by atoms with E-state index in [1.807, 2.05) is 43.3 Å². The highest BCUT2D eigenvalue weighted by Gasteiger charge is 2.13. The van der Waals surface area contributed by atoms with Gasteiger partial charge in [-0.25, -0.2) is 0 Å². The third-order valence-electron chi connectivity index (χ3n) is 3.56. The monoisotopic (exact) mass is 377 g/mol. The zero-order valence-corrected chi connectivity index (χ0v) is 15.0. The Kier molecular flexibility index (Phi) is 6.04. The summed E-state index contributed by atoms with van der Waals surface area (Å²) in [6, 6.07) is 13.3. The molecule has 1 atom stereocenters. The zero-order valence-electron chi connectivity index (χ0n) is 13.4. The van der Waals surface area contributed by atoms with E-state index in [4.69, 9.17) is 9.47 Å². The molecule has 2 aromatic rings. The Morgan fingerprint density at radius 1 is 1.17 bits per heavy atom. The number of carbonyl (C=O) groups is 1. The van der Waals surface area contributed by atoms with Crippen LogP contribution in [0.2, 0.25) is 0 Å². The van der Waals surface area contributed by atoms with Gasteiger partial charge in [0.15, 0.2) is 0 Å². The van der Waals surface area contributed by atoms with E-state index >= 15 is 0 Å². The number of amides is 1. The Morgan fingerprint density at radius 3 is 2.61 bits per heavy atom. The molecule has 0 aliphatic rings. The highest BCUT2D eigenvalue weighted by molar-refractivity contribution is 9.10.